The van der Waals surface area contributed by atoms with Crippen LogP contribution in [0.15, 0.2) is 12.3 Å². The van der Waals surface area contributed by atoms with Crippen molar-refractivity contribution in [3.05, 3.63) is 23.5 Å². The maximum Gasteiger partial charge on any atom is 0.417 e. The average Bonchev–Trinajstić information content (AvgIpc) is 2.05. The second-order valence-corrected chi connectivity index (χ2v) is 2.83. The minimum absolute atomic E-state index is 0.0736. The number of hydrogen-bond donors (Lipinski definition) is 2. The number of nitrogen functional groups attached to an aromatic ring is 1. The quantitative estimate of drug-likeness (QED) is 0.787. The molecule has 1 aromatic heterocycles. The first kappa shape index (κ1) is 11.3. The van der Waals surface area contributed by atoms with E-state index in [4.69, 9.17) is 10.8 Å². The van der Waals surface area contributed by atoms with Crippen LogP contribution in [0.2, 0.25) is 0 Å². The third-order valence-electron chi connectivity index (χ3n) is 1.65. The Balaban J connectivity index is 3.03. The number of hydrogen-bond acceptors (Lipinski definition) is 3. The van der Waals surface area contributed by atoms with Gasteiger partial charge in [0, 0.05) is 6.20 Å². The molecule has 82 valence electrons. The summed E-state index contributed by atoms with van der Waals surface area (Å²) >= 11 is 0. The Bertz CT molecular complexity index is 390. The van der Waals surface area contributed by atoms with Crippen molar-refractivity contribution < 1.29 is 23.1 Å². The van der Waals surface area contributed by atoms with Crippen molar-refractivity contribution in [3.63, 3.8) is 0 Å². The number of pyridine rings is 1. The van der Waals surface area contributed by atoms with Crippen LogP contribution in [0.25, 0.3) is 0 Å². The predicted molar refractivity (Wildman–Crippen MR) is 45.0 cm³/mol. The maximum absolute atomic E-state index is 12.2. The summed E-state index contributed by atoms with van der Waals surface area (Å²) in [7, 11) is 0. The van der Waals surface area contributed by atoms with E-state index in [-0.39, 0.29) is 11.4 Å². The monoisotopic (exact) mass is 220 g/mol. The Morgan fingerprint density at radius 3 is 2.53 bits per heavy atom. The zero-order valence-corrected chi connectivity index (χ0v) is 7.38. The highest BCUT2D eigenvalue weighted by Crippen LogP contribution is 2.30. The van der Waals surface area contributed by atoms with E-state index in [2.05, 4.69) is 4.98 Å². The number of anilines is 1. The van der Waals surface area contributed by atoms with Crippen molar-refractivity contribution in [1.29, 1.82) is 0 Å². The van der Waals surface area contributed by atoms with Crippen LogP contribution < -0.4 is 5.73 Å². The number of alkyl halides is 3. The average molecular weight is 220 g/mol. The van der Waals surface area contributed by atoms with Crippen molar-refractivity contribution in [2.45, 2.75) is 12.6 Å². The zero-order valence-electron chi connectivity index (χ0n) is 7.38. The normalized spacial score (nSPS) is 11.4. The van der Waals surface area contributed by atoms with E-state index in [9.17, 15) is 18.0 Å². The SMILES string of the molecule is Nc1cc(C(F)(F)F)cnc1CC(=O)O. The van der Waals surface area contributed by atoms with E-state index in [1.54, 1.807) is 0 Å². The first-order valence-electron chi connectivity index (χ1n) is 3.84. The Labute approximate surface area is 82.5 Å². The minimum Gasteiger partial charge on any atom is -0.481 e. The van der Waals surface area contributed by atoms with Gasteiger partial charge in [-0.1, -0.05) is 0 Å². The van der Waals surface area contributed by atoms with E-state index >= 15 is 0 Å². The van der Waals surface area contributed by atoms with E-state index in [0.717, 1.165) is 0 Å². The summed E-state index contributed by atoms with van der Waals surface area (Å²) in [4.78, 5) is 13.6. The molecule has 0 atom stereocenters. The van der Waals surface area contributed by atoms with Crippen molar-refractivity contribution in [2.24, 2.45) is 0 Å². The van der Waals surface area contributed by atoms with E-state index in [1.807, 2.05) is 0 Å². The molecule has 0 amide bonds. The summed E-state index contributed by atoms with van der Waals surface area (Å²) in [5.41, 5.74) is 3.90. The molecule has 0 aliphatic carbocycles. The molecule has 0 aliphatic rings. The van der Waals surface area contributed by atoms with Crippen LogP contribution in [0, 0.1) is 0 Å². The second-order valence-electron chi connectivity index (χ2n) is 2.83. The van der Waals surface area contributed by atoms with Crippen molar-refractivity contribution in [3.8, 4) is 0 Å². The molecule has 0 radical (unpaired) electrons. The van der Waals surface area contributed by atoms with Gasteiger partial charge >= 0.3 is 12.1 Å². The molecular formula is C8H7F3N2O2. The number of nitrogens with zero attached hydrogens (tertiary/aromatic N) is 1. The standard InChI is InChI=1S/C8H7F3N2O2/c9-8(10,11)4-1-5(12)6(13-3-4)2-7(14)15/h1,3H,2,12H2,(H,14,15). The van der Waals surface area contributed by atoms with Crippen LogP contribution >= 0.6 is 0 Å². The lowest BCUT2D eigenvalue weighted by Crippen LogP contribution is -2.10. The fraction of sp³-hybridized carbons (Fsp3) is 0.250. The molecule has 15 heavy (non-hydrogen) atoms. The number of aromatic nitrogens is 1. The van der Waals surface area contributed by atoms with Gasteiger partial charge in [0.15, 0.2) is 0 Å². The van der Waals surface area contributed by atoms with Gasteiger partial charge in [-0.3, -0.25) is 9.78 Å². The van der Waals surface area contributed by atoms with E-state index in [0.29, 0.717) is 12.3 Å². The molecule has 0 fully saturated rings. The van der Waals surface area contributed by atoms with Crippen LogP contribution in [-0.2, 0) is 17.4 Å². The fourth-order valence-corrected chi connectivity index (χ4v) is 0.956. The first-order valence-corrected chi connectivity index (χ1v) is 3.84. The van der Waals surface area contributed by atoms with Crippen LogP contribution in [0.1, 0.15) is 11.3 Å². The summed E-state index contributed by atoms with van der Waals surface area (Å²) in [6, 6.07) is 0.672. The van der Waals surface area contributed by atoms with Gasteiger partial charge in [0.25, 0.3) is 0 Å². The molecule has 3 N–H and O–H groups in total. The van der Waals surface area contributed by atoms with Gasteiger partial charge in [0.2, 0.25) is 0 Å². The molecule has 1 heterocycles. The highest BCUT2D eigenvalue weighted by molar-refractivity contribution is 5.71. The zero-order chi connectivity index (χ0) is 11.6. The number of carboxylic acid groups (broad SMARTS) is 1. The summed E-state index contributed by atoms with van der Waals surface area (Å²) in [5, 5.41) is 8.40. The van der Waals surface area contributed by atoms with E-state index in [1.165, 1.54) is 0 Å². The van der Waals surface area contributed by atoms with Crippen LogP contribution in [0.3, 0.4) is 0 Å². The maximum atomic E-state index is 12.2. The van der Waals surface area contributed by atoms with Crippen molar-refractivity contribution in [2.75, 3.05) is 5.73 Å². The highest BCUT2D eigenvalue weighted by atomic mass is 19.4. The predicted octanol–water partition coefficient (Wildman–Crippen LogP) is 1.31. The van der Waals surface area contributed by atoms with Gasteiger partial charge in [-0.2, -0.15) is 13.2 Å². The number of carboxylic acids is 1. The summed E-state index contributed by atoms with van der Waals surface area (Å²) in [6.45, 7) is 0. The lowest BCUT2D eigenvalue weighted by atomic mass is 10.2. The van der Waals surface area contributed by atoms with Crippen LogP contribution in [0.5, 0.6) is 0 Å². The lowest BCUT2D eigenvalue weighted by Gasteiger charge is -2.08. The van der Waals surface area contributed by atoms with Gasteiger partial charge in [0.05, 0.1) is 23.4 Å². The number of nitrogens with two attached hydrogens (primary N) is 1. The third kappa shape index (κ3) is 2.83. The summed E-state index contributed by atoms with van der Waals surface area (Å²) in [5.74, 6) is -1.20. The Hall–Kier alpha value is -1.79. The van der Waals surface area contributed by atoms with Gasteiger partial charge in [-0.25, -0.2) is 0 Å². The molecule has 7 heteroatoms. The highest BCUT2D eigenvalue weighted by Gasteiger charge is 2.31. The second kappa shape index (κ2) is 3.76. The molecule has 1 rings (SSSR count). The molecule has 0 spiro atoms. The van der Waals surface area contributed by atoms with Crippen molar-refractivity contribution in [1.82, 2.24) is 4.98 Å². The molecule has 0 bridgehead atoms. The molecule has 0 aromatic carbocycles. The summed E-state index contributed by atoms with van der Waals surface area (Å²) < 4.78 is 36.5. The third-order valence-corrected chi connectivity index (χ3v) is 1.65. The molecule has 0 saturated carbocycles. The van der Waals surface area contributed by atoms with E-state index < -0.39 is 24.1 Å². The first-order chi connectivity index (χ1) is 6.80. The number of halogens is 3. The number of carbonyl (C=O) groups is 1. The Morgan fingerprint density at radius 2 is 2.13 bits per heavy atom. The molecular weight excluding hydrogens is 213 g/mol. The largest absolute Gasteiger partial charge is 0.481 e. The van der Waals surface area contributed by atoms with Gasteiger partial charge < -0.3 is 10.8 Å². The summed E-state index contributed by atoms with van der Waals surface area (Å²) in [6.07, 6.45) is -4.46. The molecule has 0 unspecified atom stereocenters. The van der Waals surface area contributed by atoms with Crippen LogP contribution in [0.4, 0.5) is 18.9 Å². The molecule has 1 aromatic rings. The number of rotatable bonds is 2. The topological polar surface area (TPSA) is 76.2 Å². The Morgan fingerprint density at radius 1 is 1.53 bits per heavy atom. The fourth-order valence-electron chi connectivity index (χ4n) is 0.956. The van der Waals surface area contributed by atoms with Gasteiger partial charge in [-0.15, -0.1) is 0 Å². The van der Waals surface area contributed by atoms with Crippen LogP contribution in [-0.4, -0.2) is 16.1 Å². The van der Waals surface area contributed by atoms with Crippen molar-refractivity contribution >= 4 is 11.7 Å². The van der Waals surface area contributed by atoms with Gasteiger partial charge in [0.1, 0.15) is 0 Å². The lowest BCUT2D eigenvalue weighted by molar-refractivity contribution is -0.137. The Kier molecular flexibility index (Phi) is 2.83. The van der Waals surface area contributed by atoms with Gasteiger partial charge in [-0.05, 0) is 6.07 Å². The molecule has 4 nitrogen and oxygen atoms in total. The number of aliphatic carboxylic acids is 1. The minimum atomic E-state index is -4.52. The molecule has 0 saturated heterocycles. The smallest absolute Gasteiger partial charge is 0.417 e. The molecule has 0 aliphatic heterocycles.